The van der Waals surface area contributed by atoms with Crippen LogP contribution in [0, 0.1) is 17.8 Å². The van der Waals surface area contributed by atoms with Crippen molar-refractivity contribution in [2.24, 2.45) is 17.8 Å². The summed E-state index contributed by atoms with van der Waals surface area (Å²) in [6.45, 7) is 11.8. The molecule has 0 aliphatic heterocycles. The van der Waals surface area contributed by atoms with Gasteiger partial charge in [-0.1, -0.05) is 305 Å². The number of aliphatic hydroxyl groups excluding tert-OH is 1. The van der Waals surface area contributed by atoms with Gasteiger partial charge in [-0.2, -0.15) is 0 Å². The van der Waals surface area contributed by atoms with Gasteiger partial charge in [0.05, 0.1) is 26.4 Å². The Morgan fingerprint density at radius 1 is 0.300 bits per heavy atom. The average molecular weight is 1330 g/mol. The minimum absolute atomic E-state index is 0.106. The molecule has 0 heterocycles. The Kier molecular flexibility index (Phi) is 60.6. The summed E-state index contributed by atoms with van der Waals surface area (Å²) in [5.41, 5.74) is 0. The number of hydrogen-bond donors (Lipinski definition) is 3. The Balaban J connectivity index is 5.22. The first-order valence-electron chi connectivity index (χ1n) is 36.8. The van der Waals surface area contributed by atoms with Gasteiger partial charge in [-0.05, 0) is 43.4 Å². The van der Waals surface area contributed by atoms with Crippen LogP contribution in [0.1, 0.15) is 357 Å². The predicted molar refractivity (Wildman–Crippen MR) is 363 cm³/mol. The van der Waals surface area contributed by atoms with Crippen LogP contribution in [0.3, 0.4) is 0 Å². The van der Waals surface area contributed by atoms with Crippen molar-refractivity contribution in [2.75, 3.05) is 39.6 Å². The fraction of sp³-hybridized carbons (Fsp3) is 0.944. The summed E-state index contributed by atoms with van der Waals surface area (Å²) in [6.07, 6.45) is 45.9. The maximum Gasteiger partial charge on any atom is 0.472 e. The molecule has 0 spiro atoms. The van der Waals surface area contributed by atoms with E-state index in [0.29, 0.717) is 31.6 Å². The molecule has 0 radical (unpaired) electrons. The highest BCUT2D eigenvalue weighted by atomic mass is 31.2. The number of phosphoric acid groups is 2. The quantitative estimate of drug-likeness (QED) is 0.0222. The van der Waals surface area contributed by atoms with Crippen molar-refractivity contribution in [1.82, 2.24) is 0 Å². The zero-order valence-corrected chi connectivity index (χ0v) is 60.4. The largest absolute Gasteiger partial charge is 0.472 e. The summed E-state index contributed by atoms with van der Waals surface area (Å²) in [5, 5.41) is 10.6. The lowest BCUT2D eigenvalue weighted by Gasteiger charge is -2.21. The Morgan fingerprint density at radius 2 is 0.511 bits per heavy atom. The molecule has 0 aromatic heterocycles. The van der Waals surface area contributed by atoms with Crippen LogP contribution in [0.4, 0.5) is 0 Å². The molecule has 90 heavy (non-hydrogen) atoms. The Bertz CT molecular complexity index is 1770. The van der Waals surface area contributed by atoms with Gasteiger partial charge in [0.2, 0.25) is 0 Å². The summed E-state index contributed by atoms with van der Waals surface area (Å²) in [5.74, 6) is 0.108. The second kappa shape index (κ2) is 61.9. The topological polar surface area (TPSA) is 237 Å². The van der Waals surface area contributed by atoms with Gasteiger partial charge in [0.15, 0.2) is 12.2 Å². The van der Waals surface area contributed by atoms with Crippen LogP contribution >= 0.6 is 15.6 Å². The lowest BCUT2D eigenvalue weighted by Crippen LogP contribution is -2.30. The standard InChI is InChI=1S/C71H138O17P2/c1-8-9-10-11-12-13-19-23-32-40-47-54-70(75)88-67(59-82-69(74)53-46-39-34-27-30-37-44-51-64(6)7)61-86-90(79,80)84-57-65(72)56-83-89(77,78)85-60-66(58-81-68(73)52-45-38-31-26-25-29-36-43-50-63(4)5)87-71(76)55-48-41-33-24-21-18-16-14-15-17-20-22-28-35-42-49-62(2)3/h62-67,72H,8-61H2,1-7H3,(H,77,78)(H,79,80)/t65-,66-,67-/m1/s1. The molecular weight excluding hydrogens is 1190 g/mol. The second-order valence-corrected chi connectivity index (χ2v) is 30.0. The molecule has 3 N–H and O–H groups in total. The molecule has 0 aromatic carbocycles. The number of ether oxygens (including phenoxy) is 4. The minimum Gasteiger partial charge on any atom is -0.462 e. The molecular formula is C71H138O17P2. The van der Waals surface area contributed by atoms with Crippen LogP contribution < -0.4 is 0 Å². The number of unbranched alkanes of at least 4 members (excludes halogenated alkanes) is 37. The second-order valence-electron chi connectivity index (χ2n) is 27.1. The maximum atomic E-state index is 13.0. The van der Waals surface area contributed by atoms with Crippen molar-refractivity contribution >= 4 is 39.5 Å². The smallest absolute Gasteiger partial charge is 0.462 e. The number of hydrogen-bond acceptors (Lipinski definition) is 15. The Morgan fingerprint density at radius 3 is 0.756 bits per heavy atom. The maximum absolute atomic E-state index is 13.0. The molecule has 0 fully saturated rings. The fourth-order valence-corrected chi connectivity index (χ4v) is 12.3. The van der Waals surface area contributed by atoms with Gasteiger partial charge in [-0.25, -0.2) is 9.13 Å². The number of carbonyl (C=O) groups excluding carboxylic acids is 4. The molecule has 0 amide bonds. The van der Waals surface area contributed by atoms with Crippen LogP contribution in [-0.4, -0.2) is 96.7 Å². The van der Waals surface area contributed by atoms with Gasteiger partial charge in [0.25, 0.3) is 0 Å². The van der Waals surface area contributed by atoms with Crippen LogP contribution in [0.2, 0.25) is 0 Å². The lowest BCUT2D eigenvalue weighted by molar-refractivity contribution is -0.161. The van der Waals surface area contributed by atoms with E-state index in [2.05, 4.69) is 48.5 Å². The summed E-state index contributed by atoms with van der Waals surface area (Å²) in [7, 11) is -9.90. The predicted octanol–water partition coefficient (Wildman–Crippen LogP) is 20.2. The molecule has 0 aromatic rings. The van der Waals surface area contributed by atoms with E-state index in [9.17, 15) is 43.2 Å². The highest BCUT2D eigenvalue weighted by Crippen LogP contribution is 2.45. The molecule has 0 saturated heterocycles. The molecule has 534 valence electrons. The Hall–Kier alpha value is -1.94. The van der Waals surface area contributed by atoms with E-state index in [4.69, 9.17) is 37.0 Å². The third-order valence-electron chi connectivity index (χ3n) is 16.4. The van der Waals surface area contributed by atoms with Crippen LogP contribution in [0.15, 0.2) is 0 Å². The molecule has 0 rings (SSSR count). The van der Waals surface area contributed by atoms with Gasteiger partial charge in [0, 0.05) is 25.7 Å². The third-order valence-corrected chi connectivity index (χ3v) is 18.3. The van der Waals surface area contributed by atoms with Gasteiger partial charge in [-0.15, -0.1) is 0 Å². The van der Waals surface area contributed by atoms with E-state index in [1.54, 1.807) is 0 Å². The SMILES string of the molecule is CCCCCCCCCCCCCC(=O)O[C@H](COC(=O)CCCCCCCCCC(C)C)COP(=O)(O)OC[C@H](O)COP(=O)(O)OC[C@@H](COC(=O)CCCCCCCCCCC(C)C)OC(=O)CCCCCCCCCCCCCCCCCC(C)C. The monoisotopic (exact) mass is 1320 g/mol. The average Bonchev–Trinajstić information content (AvgIpc) is 3.71. The third kappa shape index (κ3) is 64.8. The number of rotatable bonds is 69. The van der Waals surface area contributed by atoms with Crippen molar-refractivity contribution < 1.29 is 80.2 Å². The van der Waals surface area contributed by atoms with Crippen molar-refractivity contribution in [2.45, 2.75) is 375 Å². The van der Waals surface area contributed by atoms with Crippen molar-refractivity contribution in [1.29, 1.82) is 0 Å². The molecule has 17 nitrogen and oxygen atoms in total. The number of esters is 4. The summed E-state index contributed by atoms with van der Waals surface area (Å²) in [6, 6.07) is 0. The first-order valence-corrected chi connectivity index (χ1v) is 39.8. The summed E-state index contributed by atoms with van der Waals surface area (Å²) < 4.78 is 68.3. The van der Waals surface area contributed by atoms with Gasteiger partial charge >= 0.3 is 39.5 Å². The molecule has 0 saturated carbocycles. The van der Waals surface area contributed by atoms with Gasteiger partial charge in [-0.3, -0.25) is 37.3 Å². The summed E-state index contributed by atoms with van der Waals surface area (Å²) >= 11 is 0. The van der Waals surface area contributed by atoms with Crippen molar-refractivity contribution in [3.63, 3.8) is 0 Å². The highest BCUT2D eigenvalue weighted by molar-refractivity contribution is 7.47. The van der Waals surface area contributed by atoms with Gasteiger partial charge in [0.1, 0.15) is 19.3 Å². The zero-order valence-electron chi connectivity index (χ0n) is 58.6. The van der Waals surface area contributed by atoms with E-state index < -0.39 is 97.5 Å². The highest BCUT2D eigenvalue weighted by Gasteiger charge is 2.30. The summed E-state index contributed by atoms with van der Waals surface area (Å²) in [4.78, 5) is 72.5. The molecule has 0 bridgehead atoms. The number of phosphoric ester groups is 2. The molecule has 19 heteroatoms. The minimum atomic E-state index is -4.95. The van der Waals surface area contributed by atoms with E-state index in [-0.39, 0.29) is 25.7 Å². The van der Waals surface area contributed by atoms with Crippen molar-refractivity contribution in [3.8, 4) is 0 Å². The molecule has 5 atom stereocenters. The lowest BCUT2D eigenvalue weighted by atomic mass is 10.0. The van der Waals surface area contributed by atoms with Crippen molar-refractivity contribution in [3.05, 3.63) is 0 Å². The van der Waals surface area contributed by atoms with Crippen LogP contribution in [0.25, 0.3) is 0 Å². The molecule has 2 unspecified atom stereocenters. The first kappa shape index (κ1) is 88.1. The Labute approximate surface area is 549 Å². The normalized spacial score (nSPS) is 14.2. The van der Waals surface area contributed by atoms with E-state index in [1.807, 2.05) is 0 Å². The van der Waals surface area contributed by atoms with Crippen LogP contribution in [-0.2, 0) is 65.4 Å². The van der Waals surface area contributed by atoms with E-state index in [0.717, 1.165) is 108 Å². The van der Waals surface area contributed by atoms with Crippen LogP contribution in [0.5, 0.6) is 0 Å². The van der Waals surface area contributed by atoms with E-state index >= 15 is 0 Å². The molecule has 0 aliphatic carbocycles. The molecule has 0 aliphatic rings. The first-order chi connectivity index (χ1) is 43.2. The van der Waals surface area contributed by atoms with E-state index in [1.165, 1.54) is 161 Å². The van der Waals surface area contributed by atoms with Gasteiger partial charge < -0.3 is 33.8 Å². The fourth-order valence-electron chi connectivity index (χ4n) is 10.7. The number of aliphatic hydroxyl groups is 1. The zero-order chi connectivity index (χ0) is 66.6. The number of carbonyl (C=O) groups is 4.